The van der Waals surface area contributed by atoms with Crippen LogP contribution >= 0.6 is 0 Å². The molecule has 1 N–H and O–H groups in total. The van der Waals surface area contributed by atoms with Gasteiger partial charge in [0.1, 0.15) is 0 Å². The second-order valence-electron chi connectivity index (χ2n) is 5.65. The fraction of sp³-hybridized carbons (Fsp3) is 0.235. The number of sulfonamides is 1. The van der Waals surface area contributed by atoms with Crippen molar-refractivity contribution in [1.82, 2.24) is 0 Å². The van der Waals surface area contributed by atoms with Gasteiger partial charge >= 0.3 is 5.97 Å². The molecule has 1 atom stereocenters. The highest BCUT2D eigenvalue weighted by Gasteiger charge is 2.33. The summed E-state index contributed by atoms with van der Waals surface area (Å²) in [6.07, 6.45) is 1.60. The summed E-state index contributed by atoms with van der Waals surface area (Å²) in [6, 6.07) is 12.7. The number of aryl methyl sites for hydroxylation is 1. The van der Waals surface area contributed by atoms with Crippen LogP contribution in [0.4, 0.5) is 5.69 Å². The van der Waals surface area contributed by atoms with Crippen molar-refractivity contribution in [2.45, 2.75) is 30.7 Å². The van der Waals surface area contributed by atoms with Crippen LogP contribution in [0.1, 0.15) is 29.3 Å². The van der Waals surface area contributed by atoms with E-state index in [1.165, 1.54) is 28.6 Å². The van der Waals surface area contributed by atoms with E-state index in [1.54, 1.807) is 0 Å². The lowest BCUT2D eigenvalue weighted by Crippen LogP contribution is -2.42. The van der Waals surface area contributed by atoms with Crippen LogP contribution in [0.5, 0.6) is 0 Å². The number of hydrogen-bond acceptors (Lipinski definition) is 3. The molecule has 3 rings (SSSR count). The van der Waals surface area contributed by atoms with Crippen molar-refractivity contribution in [3.8, 4) is 0 Å². The molecular weight excluding hydrogens is 314 g/mol. The van der Waals surface area contributed by atoms with Crippen LogP contribution in [0.15, 0.2) is 53.4 Å². The molecular formula is C17H17NO4S. The molecule has 0 saturated carbocycles. The fourth-order valence-electron chi connectivity index (χ4n) is 2.91. The van der Waals surface area contributed by atoms with Crippen molar-refractivity contribution in [1.29, 1.82) is 0 Å². The molecule has 23 heavy (non-hydrogen) atoms. The Morgan fingerprint density at radius 1 is 1.13 bits per heavy atom. The minimum absolute atomic E-state index is 0.0658. The third-order valence-electron chi connectivity index (χ3n) is 4.12. The SMILES string of the molecule is C[C@@H]1CCc2ccccc2N1S(=O)(=O)c1ccc(C(=O)O)cc1. The third kappa shape index (κ3) is 2.70. The van der Waals surface area contributed by atoms with E-state index in [0.717, 1.165) is 18.4 Å². The summed E-state index contributed by atoms with van der Waals surface area (Å²) < 4.78 is 27.5. The van der Waals surface area contributed by atoms with Gasteiger partial charge in [0, 0.05) is 6.04 Å². The first-order valence-corrected chi connectivity index (χ1v) is 8.81. The van der Waals surface area contributed by atoms with Gasteiger partial charge in [-0.05, 0) is 55.7 Å². The van der Waals surface area contributed by atoms with E-state index < -0.39 is 16.0 Å². The summed E-state index contributed by atoms with van der Waals surface area (Å²) in [7, 11) is -3.73. The molecule has 0 radical (unpaired) electrons. The first-order chi connectivity index (χ1) is 10.9. The lowest BCUT2D eigenvalue weighted by Gasteiger charge is -2.36. The highest BCUT2D eigenvalue weighted by Crippen LogP contribution is 2.35. The molecule has 0 saturated heterocycles. The van der Waals surface area contributed by atoms with Gasteiger partial charge in [-0.25, -0.2) is 13.2 Å². The number of carbonyl (C=O) groups is 1. The summed E-state index contributed by atoms with van der Waals surface area (Å²) >= 11 is 0. The zero-order chi connectivity index (χ0) is 16.6. The van der Waals surface area contributed by atoms with E-state index in [0.29, 0.717) is 5.69 Å². The van der Waals surface area contributed by atoms with E-state index in [1.807, 2.05) is 31.2 Å². The Morgan fingerprint density at radius 3 is 2.43 bits per heavy atom. The van der Waals surface area contributed by atoms with E-state index in [4.69, 9.17) is 5.11 Å². The summed E-state index contributed by atoms with van der Waals surface area (Å²) in [5, 5.41) is 8.94. The molecule has 0 spiro atoms. The van der Waals surface area contributed by atoms with Crippen molar-refractivity contribution in [2.24, 2.45) is 0 Å². The third-order valence-corrected chi connectivity index (χ3v) is 6.06. The first-order valence-electron chi connectivity index (χ1n) is 7.37. The number of para-hydroxylation sites is 1. The van der Waals surface area contributed by atoms with Crippen LogP contribution in [-0.2, 0) is 16.4 Å². The number of benzene rings is 2. The standard InChI is InChI=1S/C17H17NO4S/c1-12-6-7-13-4-2-3-5-16(13)18(12)23(21,22)15-10-8-14(9-11-15)17(19)20/h2-5,8-12H,6-7H2,1H3,(H,19,20)/t12-/m1/s1. The second-order valence-corrected chi connectivity index (χ2v) is 7.46. The van der Waals surface area contributed by atoms with E-state index in [9.17, 15) is 13.2 Å². The Hall–Kier alpha value is -2.34. The zero-order valence-electron chi connectivity index (χ0n) is 12.6. The average Bonchev–Trinajstić information content (AvgIpc) is 2.54. The number of carboxylic acids is 1. The van der Waals surface area contributed by atoms with Gasteiger partial charge < -0.3 is 5.11 Å². The summed E-state index contributed by atoms with van der Waals surface area (Å²) in [6.45, 7) is 1.89. The summed E-state index contributed by atoms with van der Waals surface area (Å²) in [4.78, 5) is 11.0. The van der Waals surface area contributed by atoms with Crippen molar-refractivity contribution in [3.63, 3.8) is 0 Å². The molecule has 0 bridgehead atoms. The molecule has 1 aliphatic rings. The highest BCUT2D eigenvalue weighted by molar-refractivity contribution is 7.92. The Labute approximate surface area is 135 Å². The molecule has 2 aromatic rings. The van der Waals surface area contributed by atoms with E-state index >= 15 is 0 Å². The lowest BCUT2D eigenvalue weighted by molar-refractivity contribution is 0.0696. The Kier molecular flexibility index (Phi) is 3.85. The first kappa shape index (κ1) is 15.6. The van der Waals surface area contributed by atoms with Gasteiger partial charge in [-0.2, -0.15) is 0 Å². The predicted molar refractivity (Wildman–Crippen MR) is 87.3 cm³/mol. The van der Waals surface area contributed by atoms with Gasteiger partial charge in [0.2, 0.25) is 0 Å². The van der Waals surface area contributed by atoms with Crippen molar-refractivity contribution in [2.75, 3.05) is 4.31 Å². The van der Waals surface area contributed by atoms with Crippen molar-refractivity contribution in [3.05, 3.63) is 59.7 Å². The molecule has 6 heteroatoms. The monoisotopic (exact) mass is 331 g/mol. The van der Waals surface area contributed by atoms with E-state index in [-0.39, 0.29) is 16.5 Å². The van der Waals surface area contributed by atoms with Crippen LogP contribution < -0.4 is 4.31 Å². The predicted octanol–water partition coefficient (Wildman–Crippen LogP) is 2.91. The summed E-state index contributed by atoms with van der Waals surface area (Å²) in [5.74, 6) is -1.08. The van der Waals surface area contributed by atoms with Crippen LogP contribution in [-0.4, -0.2) is 25.5 Å². The molecule has 2 aromatic carbocycles. The largest absolute Gasteiger partial charge is 0.478 e. The van der Waals surface area contributed by atoms with Gasteiger partial charge in [0.05, 0.1) is 16.1 Å². The molecule has 0 unspecified atom stereocenters. The maximum Gasteiger partial charge on any atom is 0.335 e. The number of rotatable bonds is 3. The molecule has 5 nitrogen and oxygen atoms in total. The quantitative estimate of drug-likeness (QED) is 0.938. The Bertz CT molecular complexity index is 843. The fourth-order valence-corrected chi connectivity index (χ4v) is 4.63. The normalized spacial score (nSPS) is 17.6. The van der Waals surface area contributed by atoms with Crippen molar-refractivity contribution >= 4 is 21.7 Å². The number of carboxylic acid groups (broad SMARTS) is 1. The number of aromatic carboxylic acids is 1. The topological polar surface area (TPSA) is 74.7 Å². The van der Waals surface area contributed by atoms with Gasteiger partial charge in [-0.3, -0.25) is 4.31 Å². The van der Waals surface area contributed by atoms with Gasteiger partial charge in [-0.15, -0.1) is 0 Å². The molecule has 0 aliphatic carbocycles. The Balaban J connectivity index is 2.07. The van der Waals surface area contributed by atoms with Gasteiger partial charge in [0.15, 0.2) is 0 Å². The van der Waals surface area contributed by atoms with Crippen LogP contribution in [0.2, 0.25) is 0 Å². The van der Waals surface area contributed by atoms with Crippen LogP contribution in [0.3, 0.4) is 0 Å². The number of fused-ring (bicyclic) bond motifs is 1. The number of anilines is 1. The molecule has 120 valence electrons. The molecule has 1 aliphatic heterocycles. The minimum atomic E-state index is -3.73. The van der Waals surface area contributed by atoms with Gasteiger partial charge in [0.25, 0.3) is 10.0 Å². The van der Waals surface area contributed by atoms with Gasteiger partial charge in [-0.1, -0.05) is 18.2 Å². The maximum atomic E-state index is 13.0. The zero-order valence-corrected chi connectivity index (χ0v) is 13.5. The van der Waals surface area contributed by atoms with Crippen molar-refractivity contribution < 1.29 is 18.3 Å². The Morgan fingerprint density at radius 2 is 1.78 bits per heavy atom. The summed E-state index contributed by atoms with van der Waals surface area (Å²) in [5.41, 5.74) is 1.78. The number of nitrogens with zero attached hydrogens (tertiary/aromatic N) is 1. The van der Waals surface area contributed by atoms with E-state index in [2.05, 4.69) is 0 Å². The maximum absolute atomic E-state index is 13.0. The van der Waals surface area contributed by atoms with Crippen LogP contribution in [0, 0.1) is 0 Å². The molecule has 0 fully saturated rings. The molecule has 0 amide bonds. The molecule has 1 heterocycles. The highest BCUT2D eigenvalue weighted by atomic mass is 32.2. The smallest absolute Gasteiger partial charge is 0.335 e. The minimum Gasteiger partial charge on any atom is -0.478 e. The molecule has 0 aromatic heterocycles. The van der Waals surface area contributed by atoms with Crippen LogP contribution in [0.25, 0.3) is 0 Å². The lowest BCUT2D eigenvalue weighted by atomic mass is 9.99. The second kappa shape index (κ2) is 5.70. The number of hydrogen-bond donors (Lipinski definition) is 1. The average molecular weight is 331 g/mol.